The lowest BCUT2D eigenvalue weighted by molar-refractivity contribution is 0.0492. The molecule has 5 nitrogen and oxygen atoms in total. The van der Waals surface area contributed by atoms with Crippen molar-refractivity contribution in [3.05, 3.63) is 59.7 Å². The number of sulfonamides is 1. The van der Waals surface area contributed by atoms with Gasteiger partial charge in [-0.1, -0.05) is 50.6 Å². The maximum absolute atomic E-state index is 13.5. The van der Waals surface area contributed by atoms with E-state index in [1.165, 1.54) is 0 Å². The Hall–Kier alpha value is -1.89. The normalized spacial score (nSPS) is 21.8. The Balaban J connectivity index is 1.98. The van der Waals surface area contributed by atoms with E-state index in [0.717, 1.165) is 16.9 Å². The molecule has 0 spiro atoms. The van der Waals surface area contributed by atoms with Gasteiger partial charge in [-0.3, -0.25) is 0 Å². The molecule has 28 heavy (non-hydrogen) atoms. The zero-order valence-corrected chi connectivity index (χ0v) is 17.9. The molecule has 1 fully saturated rings. The van der Waals surface area contributed by atoms with Crippen LogP contribution in [0.4, 0.5) is 0 Å². The molecule has 2 aromatic rings. The van der Waals surface area contributed by atoms with E-state index >= 15 is 0 Å². The molecule has 1 heterocycles. The van der Waals surface area contributed by atoms with Gasteiger partial charge in [0.2, 0.25) is 10.0 Å². The van der Waals surface area contributed by atoms with Gasteiger partial charge in [0, 0.05) is 5.92 Å². The summed E-state index contributed by atoms with van der Waals surface area (Å²) in [6.45, 7) is 8.42. The van der Waals surface area contributed by atoms with Gasteiger partial charge >= 0.3 is 0 Å². The number of ether oxygens (including phenoxy) is 2. The molecule has 0 aliphatic carbocycles. The highest BCUT2D eigenvalue weighted by Gasteiger charge is 2.46. The summed E-state index contributed by atoms with van der Waals surface area (Å²) < 4.78 is 39.9. The van der Waals surface area contributed by atoms with Crippen molar-refractivity contribution in [2.24, 2.45) is 5.92 Å². The van der Waals surface area contributed by atoms with E-state index in [0.29, 0.717) is 11.5 Å². The molecule has 152 valence electrons. The Kier molecular flexibility index (Phi) is 6.12. The van der Waals surface area contributed by atoms with Crippen LogP contribution >= 0.6 is 0 Å². The van der Waals surface area contributed by atoms with E-state index in [4.69, 9.17) is 9.47 Å². The Morgan fingerprint density at radius 3 is 2.18 bits per heavy atom. The number of benzene rings is 2. The fraction of sp³-hybridized carbons (Fsp3) is 0.455. The monoisotopic (exact) mass is 403 g/mol. The Bertz CT molecular complexity index is 891. The SMILES string of the molecule is COc1ccc([C@H](C)[C@@H]2OC[C@H](C(C)C)N2S(=O)(=O)c2ccc(C)cc2)cc1. The Morgan fingerprint density at radius 1 is 1.04 bits per heavy atom. The lowest BCUT2D eigenvalue weighted by Crippen LogP contribution is -2.46. The van der Waals surface area contributed by atoms with E-state index in [-0.39, 0.29) is 17.9 Å². The smallest absolute Gasteiger partial charge is 0.245 e. The van der Waals surface area contributed by atoms with Crippen LogP contribution in [0.2, 0.25) is 0 Å². The maximum Gasteiger partial charge on any atom is 0.245 e. The highest BCUT2D eigenvalue weighted by molar-refractivity contribution is 7.89. The van der Waals surface area contributed by atoms with Gasteiger partial charge in [0.15, 0.2) is 0 Å². The van der Waals surface area contributed by atoms with E-state index in [2.05, 4.69) is 0 Å². The zero-order chi connectivity index (χ0) is 20.5. The van der Waals surface area contributed by atoms with Gasteiger partial charge in [-0.05, 0) is 42.7 Å². The summed E-state index contributed by atoms with van der Waals surface area (Å²) in [5, 5.41) is 0. The first-order valence-corrected chi connectivity index (χ1v) is 11.1. The van der Waals surface area contributed by atoms with Gasteiger partial charge in [-0.2, -0.15) is 4.31 Å². The van der Waals surface area contributed by atoms with Crippen LogP contribution < -0.4 is 4.74 Å². The Morgan fingerprint density at radius 2 is 1.64 bits per heavy atom. The average Bonchev–Trinajstić information content (AvgIpc) is 3.14. The molecule has 0 aromatic heterocycles. The lowest BCUT2D eigenvalue weighted by atomic mass is 9.98. The third kappa shape index (κ3) is 3.95. The van der Waals surface area contributed by atoms with Crippen molar-refractivity contribution in [2.45, 2.75) is 50.8 Å². The molecule has 0 N–H and O–H groups in total. The number of nitrogens with zero attached hydrogens (tertiary/aromatic N) is 1. The van der Waals surface area contributed by atoms with Crippen molar-refractivity contribution in [1.29, 1.82) is 0 Å². The molecule has 0 radical (unpaired) electrons. The summed E-state index contributed by atoms with van der Waals surface area (Å²) in [4.78, 5) is 0.307. The minimum atomic E-state index is -3.68. The topological polar surface area (TPSA) is 55.8 Å². The summed E-state index contributed by atoms with van der Waals surface area (Å²) in [7, 11) is -2.05. The van der Waals surface area contributed by atoms with Gasteiger partial charge in [-0.15, -0.1) is 0 Å². The molecule has 1 saturated heterocycles. The minimum absolute atomic E-state index is 0.116. The number of hydrogen-bond acceptors (Lipinski definition) is 4. The first-order chi connectivity index (χ1) is 13.3. The van der Waals surface area contributed by atoms with Gasteiger partial charge in [-0.25, -0.2) is 8.42 Å². The van der Waals surface area contributed by atoms with Crippen LogP contribution in [0.25, 0.3) is 0 Å². The standard InChI is InChI=1S/C22H29NO4S/c1-15(2)21-14-27-22(17(4)18-8-10-19(26-5)11-9-18)23(21)28(24,25)20-12-6-16(3)7-13-20/h6-13,15,17,21-22H,14H2,1-5H3/t17-,21+,22-/m0/s1. The third-order valence-electron chi connectivity index (χ3n) is 5.45. The summed E-state index contributed by atoms with van der Waals surface area (Å²) in [6, 6.07) is 14.5. The highest BCUT2D eigenvalue weighted by Crippen LogP contribution is 2.37. The molecule has 0 saturated carbocycles. The van der Waals surface area contributed by atoms with Crippen LogP contribution in [0, 0.1) is 12.8 Å². The van der Waals surface area contributed by atoms with Crippen LogP contribution in [0.3, 0.4) is 0 Å². The van der Waals surface area contributed by atoms with Crippen LogP contribution in [-0.4, -0.2) is 38.7 Å². The van der Waals surface area contributed by atoms with Crippen LogP contribution in [0.15, 0.2) is 53.4 Å². The number of hydrogen-bond donors (Lipinski definition) is 0. The van der Waals surface area contributed by atoms with Gasteiger partial charge in [0.05, 0.1) is 24.7 Å². The molecule has 1 aliphatic heterocycles. The van der Waals surface area contributed by atoms with Crippen LogP contribution in [0.5, 0.6) is 5.75 Å². The summed E-state index contributed by atoms with van der Waals surface area (Å²) in [6.07, 6.45) is -0.549. The van der Waals surface area contributed by atoms with Crippen molar-refractivity contribution in [3.8, 4) is 5.75 Å². The molecular formula is C22H29NO4S. The molecule has 3 atom stereocenters. The molecule has 0 unspecified atom stereocenters. The molecule has 0 amide bonds. The van der Waals surface area contributed by atoms with E-state index in [9.17, 15) is 8.42 Å². The third-order valence-corrected chi connectivity index (χ3v) is 7.35. The van der Waals surface area contributed by atoms with Crippen molar-refractivity contribution >= 4 is 10.0 Å². The second-order valence-electron chi connectivity index (χ2n) is 7.75. The zero-order valence-electron chi connectivity index (χ0n) is 17.1. The average molecular weight is 404 g/mol. The summed E-state index contributed by atoms with van der Waals surface area (Å²) in [5.41, 5.74) is 2.04. The molecule has 2 aromatic carbocycles. The predicted molar refractivity (Wildman–Crippen MR) is 110 cm³/mol. The van der Waals surface area contributed by atoms with E-state index in [1.807, 2.05) is 64.1 Å². The molecular weight excluding hydrogens is 374 g/mol. The van der Waals surface area contributed by atoms with Crippen molar-refractivity contribution in [3.63, 3.8) is 0 Å². The highest BCUT2D eigenvalue weighted by atomic mass is 32.2. The molecule has 3 rings (SSSR count). The second kappa shape index (κ2) is 8.23. The quantitative estimate of drug-likeness (QED) is 0.726. The largest absolute Gasteiger partial charge is 0.497 e. The lowest BCUT2D eigenvalue weighted by Gasteiger charge is -2.32. The fourth-order valence-corrected chi connectivity index (χ4v) is 5.50. The minimum Gasteiger partial charge on any atom is -0.497 e. The van der Waals surface area contributed by atoms with E-state index < -0.39 is 16.3 Å². The Labute approximate surface area is 168 Å². The first kappa shape index (κ1) is 20.8. The molecule has 6 heteroatoms. The maximum atomic E-state index is 13.5. The van der Waals surface area contributed by atoms with Crippen LogP contribution in [0.1, 0.15) is 37.8 Å². The second-order valence-corrected chi connectivity index (χ2v) is 9.59. The number of methoxy groups -OCH3 is 1. The fourth-order valence-electron chi connectivity index (χ4n) is 3.60. The summed E-state index contributed by atoms with van der Waals surface area (Å²) in [5.74, 6) is 0.802. The first-order valence-electron chi connectivity index (χ1n) is 9.61. The summed E-state index contributed by atoms with van der Waals surface area (Å²) >= 11 is 0. The van der Waals surface area contributed by atoms with Crippen molar-refractivity contribution < 1.29 is 17.9 Å². The van der Waals surface area contributed by atoms with E-state index in [1.54, 1.807) is 23.5 Å². The van der Waals surface area contributed by atoms with Crippen molar-refractivity contribution in [2.75, 3.05) is 13.7 Å². The van der Waals surface area contributed by atoms with Gasteiger partial charge in [0.1, 0.15) is 12.0 Å². The molecule has 1 aliphatic rings. The van der Waals surface area contributed by atoms with Gasteiger partial charge in [0.25, 0.3) is 0 Å². The number of aryl methyl sites for hydroxylation is 1. The van der Waals surface area contributed by atoms with Gasteiger partial charge < -0.3 is 9.47 Å². The van der Waals surface area contributed by atoms with Crippen molar-refractivity contribution in [1.82, 2.24) is 4.31 Å². The molecule has 0 bridgehead atoms. The predicted octanol–water partition coefficient (Wildman–Crippen LogP) is 4.18. The number of rotatable bonds is 6. The van der Waals surface area contributed by atoms with Crippen LogP contribution in [-0.2, 0) is 14.8 Å².